The van der Waals surface area contributed by atoms with E-state index in [1.165, 1.54) is 12.1 Å². The topological polar surface area (TPSA) is 40.7 Å². The average molecular weight is 251 g/mol. The van der Waals surface area contributed by atoms with Crippen molar-refractivity contribution in [1.82, 2.24) is 15.5 Å². The summed E-state index contributed by atoms with van der Waals surface area (Å²) >= 11 is 0. The molecular formula is C13H15F2N3. The van der Waals surface area contributed by atoms with Crippen LogP contribution in [0.2, 0.25) is 0 Å². The van der Waals surface area contributed by atoms with E-state index < -0.39 is 11.6 Å². The molecule has 2 N–H and O–H groups in total. The summed E-state index contributed by atoms with van der Waals surface area (Å²) in [5.41, 5.74) is 1.58. The van der Waals surface area contributed by atoms with Gasteiger partial charge in [0.05, 0.1) is 6.20 Å². The maximum atomic E-state index is 13.1. The van der Waals surface area contributed by atoms with E-state index in [1.807, 2.05) is 13.8 Å². The Balaban J connectivity index is 2.09. The van der Waals surface area contributed by atoms with E-state index >= 15 is 0 Å². The van der Waals surface area contributed by atoms with Gasteiger partial charge in [-0.1, -0.05) is 0 Å². The molecule has 1 aromatic carbocycles. The summed E-state index contributed by atoms with van der Waals surface area (Å²) in [6.45, 7) is 3.84. The summed E-state index contributed by atoms with van der Waals surface area (Å²) < 4.78 is 26.2. The molecule has 2 rings (SSSR count). The van der Waals surface area contributed by atoms with Gasteiger partial charge in [0.2, 0.25) is 0 Å². The van der Waals surface area contributed by atoms with Gasteiger partial charge in [-0.15, -0.1) is 0 Å². The van der Waals surface area contributed by atoms with E-state index in [9.17, 15) is 8.78 Å². The number of hydrogen-bond acceptors (Lipinski definition) is 2. The normalized spacial score (nSPS) is 14.4. The smallest absolute Gasteiger partial charge is 0.126 e. The first-order chi connectivity index (χ1) is 8.56. The second-order valence-electron chi connectivity index (χ2n) is 4.34. The van der Waals surface area contributed by atoms with Crippen molar-refractivity contribution in [3.8, 4) is 0 Å². The Morgan fingerprint density at radius 3 is 2.22 bits per heavy atom. The van der Waals surface area contributed by atoms with E-state index in [1.54, 1.807) is 12.4 Å². The standard InChI is InChI=1S/C13H15F2N3/c1-8(10-3-12(14)5-13(15)4-10)18-9(2)11-6-16-17-7-11/h3-9,18H,1-2H3,(H,16,17). The SMILES string of the molecule is CC(NC(C)c1cc(F)cc(F)c1)c1cn[nH]c1. The molecule has 2 unspecified atom stereocenters. The Labute approximate surface area is 104 Å². The van der Waals surface area contributed by atoms with Crippen molar-refractivity contribution in [2.45, 2.75) is 25.9 Å². The Hall–Kier alpha value is -1.75. The van der Waals surface area contributed by atoms with Crippen molar-refractivity contribution in [3.63, 3.8) is 0 Å². The van der Waals surface area contributed by atoms with E-state index in [0.29, 0.717) is 5.56 Å². The lowest BCUT2D eigenvalue weighted by molar-refractivity contribution is 0.487. The Morgan fingerprint density at radius 2 is 1.67 bits per heavy atom. The molecule has 0 bridgehead atoms. The summed E-state index contributed by atoms with van der Waals surface area (Å²) in [5.74, 6) is -1.12. The molecule has 0 saturated heterocycles. The number of hydrogen-bond donors (Lipinski definition) is 2. The fraction of sp³-hybridized carbons (Fsp3) is 0.308. The number of aromatic nitrogens is 2. The Kier molecular flexibility index (Phi) is 3.72. The number of halogens is 2. The van der Waals surface area contributed by atoms with E-state index in [0.717, 1.165) is 11.6 Å². The highest BCUT2D eigenvalue weighted by Crippen LogP contribution is 2.20. The second kappa shape index (κ2) is 5.27. The van der Waals surface area contributed by atoms with Crippen LogP contribution in [-0.4, -0.2) is 10.2 Å². The molecule has 1 aromatic heterocycles. The van der Waals surface area contributed by atoms with Crippen molar-refractivity contribution in [1.29, 1.82) is 0 Å². The predicted molar refractivity (Wildman–Crippen MR) is 64.9 cm³/mol. The van der Waals surface area contributed by atoms with Gasteiger partial charge in [-0.05, 0) is 31.5 Å². The van der Waals surface area contributed by atoms with Gasteiger partial charge in [0.15, 0.2) is 0 Å². The maximum absolute atomic E-state index is 13.1. The molecule has 0 aliphatic carbocycles. The lowest BCUT2D eigenvalue weighted by atomic mass is 10.1. The van der Waals surface area contributed by atoms with Crippen LogP contribution in [0, 0.1) is 11.6 Å². The summed E-state index contributed by atoms with van der Waals surface area (Å²) in [7, 11) is 0. The van der Waals surface area contributed by atoms with Gasteiger partial charge in [-0.2, -0.15) is 5.10 Å². The van der Waals surface area contributed by atoms with Gasteiger partial charge in [0.1, 0.15) is 11.6 Å². The zero-order chi connectivity index (χ0) is 13.1. The first-order valence-corrected chi connectivity index (χ1v) is 5.77. The molecule has 0 spiro atoms. The third-order valence-corrected chi connectivity index (χ3v) is 2.90. The number of H-pyrrole nitrogens is 1. The number of nitrogens with zero attached hydrogens (tertiary/aromatic N) is 1. The number of nitrogens with one attached hydrogen (secondary N) is 2. The molecule has 18 heavy (non-hydrogen) atoms. The van der Waals surface area contributed by atoms with Crippen LogP contribution in [0.25, 0.3) is 0 Å². The van der Waals surface area contributed by atoms with Gasteiger partial charge in [-0.25, -0.2) is 8.78 Å². The van der Waals surface area contributed by atoms with Crippen molar-refractivity contribution < 1.29 is 8.78 Å². The fourth-order valence-corrected chi connectivity index (χ4v) is 1.89. The van der Waals surface area contributed by atoms with E-state index in [-0.39, 0.29) is 12.1 Å². The zero-order valence-corrected chi connectivity index (χ0v) is 10.2. The molecule has 0 amide bonds. The summed E-state index contributed by atoms with van der Waals surface area (Å²) in [6.07, 6.45) is 3.51. The lowest BCUT2D eigenvalue weighted by Crippen LogP contribution is -2.22. The Morgan fingerprint density at radius 1 is 1.06 bits per heavy atom. The summed E-state index contributed by atoms with van der Waals surface area (Å²) in [4.78, 5) is 0. The second-order valence-corrected chi connectivity index (χ2v) is 4.34. The lowest BCUT2D eigenvalue weighted by Gasteiger charge is -2.19. The van der Waals surface area contributed by atoms with Crippen LogP contribution < -0.4 is 5.32 Å². The van der Waals surface area contributed by atoms with Crippen molar-refractivity contribution in [2.75, 3.05) is 0 Å². The third-order valence-electron chi connectivity index (χ3n) is 2.90. The highest BCUT2D eigenvalue weighted by atomic mass is 19.1. The molecule has 0 fully saturated rings. The van der Waals surface area contributed by atoms with E-state index in [4.69, 9.17) is 0 Å². The molecule has 5 heteroatoms. The molecule has 3 nitrogen and oxygen atoms in total. The minimum absolute atomic E-state index is 0.0464. The van der Waals surface area contributed by atoms with Crippen LogP contribution >= 0.6 is 0 Å². The van der Waals surface area contributed by atoms with Gasteiger partial charge in [-0.3, -0.25) is 5.10 Å². The molecule has 0 saturated carbocycles. The molecule has 0 radical (unpaired) electrons. The van der Waals surface area contributed by atoms with Crippen molar-refractivity contribution >= 4 is 0 Å². The summed E-state index contributed by atoms with van der Waals surface area (Å²) in [6, 6.07) is 3.44. The Bertz CT molecular complexity index is 491. The molecule has 0 aliphatic heterocycles. The maximum Gasteiger partial charge on any atom is 0.126 e. The molecule has 2 atom stereocenters. The van der Waals surface area contributed by atoms with Crippen LogP contribution in [0.4, 0.5) is 8.78 Å². The van der Waals surface area contributed by atoms with Crippen LogP contribution in [0.15, 0.2) is 30.6 Å². The van der Waals surface area contributed by atoms with Crippen molar-refractivity contribution in [3.05, 3.63) is 53.4 Å². The molecule has 2 aromatic rings. The monoisotopic (exact) mass is 251 g/mol. The highest BCUT2D eigenvalue weighted by Gasteiger charge is 2.13. The zero-order valence-electron chi connectivity index (χ0n) is 10.2. The first-order valence-electron chi connectivity index (χ1n) is 5.77. The molecule has 0 aliphatic rings. The van der Waals surface area contributed by atoms with Gasteiger partial charge >= 0.3 is 0 Å². The van der Waals surface area contributed by atoms with Crippen LogP contribution in [0.1, 0.15) is 37.1 Å². The number of rotatable bonds is 4. The minimum Gasteiger partial charge on any atom is -0.304 e. The molecule has 96 valence electrons. The predicted octanol–water partition coefficient (Wildman–Crippen LogP) is 3.10. The van der Waals surface area contributed by atoms with Crippen LogP contribution in [0.5, 0.6) is 0 Å². The van der Waals surface area contributed by atoms with Gasteiger partial charge in [0, 0.05) is 29.9 Å². The van der Waals surface area contributed by atoms with E-state index in [2.05, 4.69) is 15.5 Å². The minimum atomic E-state index is -0.561. The van der Waals surface area contributed by atoms with Crippen LogP contribution in [0.3, 0.4) is 0 Å². The highest BCUT2D eigenvalue weighted by molar-refractivity contribution is 5.21. The molecule has 1 heterocycles. The van der Waals surface area contributed by atoms with Crippen LogP contribution in [-0.2, 0) is 0 Å². The number of benzene rings is 1. The quantitative estimate of drug-likeness (QED) is 0.876. The fourth-order valence-electron chi connectivity index (χ4n) is 1.89. The van der Waals surface area contributed by atoms with Gasteiger partial charge in [0.25, 0.3) is 0 Å². The average Bonchev–Trinajstić information content (AvgIpc) is 2.80. The molecular weight excluding hydrogens is 236 g/mol. The van der Waals surface area contributed by atoms with Crippen molar-refractivity contribution in [2.24, 2.45) is 0 Å². The largest absolute Gasteiger partial charge is 0.304 e. The number of aromatic amines is 1. The third kappa shape index (κ3) is 2.92. The first kappa shape index (κ1) is 12.7. The summed E-state index contributed by atoms with van der Waals surface area (Å²) in [5, 5.41) is 9.86. The van der Waals surface area contributed by atoms with Gasteiger partial charge < -0.3 is 5.32 Å².